The number of anilines is 1. The first kappa shape index (κ1) is 21.6. The first-order valence-corrected chi connectivity index (χ1v) is 9.60. The van der Waals surface area contributed by atoms with Gasteiger partial charge in [-0.1, -0.05) is 37.3 Å². The molecule has 1 atom stereocenters. The van der Waals surface area contributed by atoms with E-state index in [2.05, 4.69) is 0 Å². The maximum atomic E-state index is 12.9. The van der Waals surface area contributed by atoms with E-state index in [1.165, 1.54) is 0 Å². The molecule has 6 nitrogen and oxygen atoms in total. The average molecular weight is 421 g/mol. The Balaban J connectivity index is 1.65. The van der Waals surface area contributed by atoms with Gasteiger partial charge in [-0.05, 0) is 23.6 Å². The predicted molar refractivity (Wildman–Crippen MR) is 106 cm³/mol. The third-order valence-corrected chi connectivity index (χ3v) is 5.32. The predicted octanol–water partition coefficient (Wildman–Crippen LogP) is 4.46. The number of alkyl halides is 3. The van der Waals surface area contributed by atoms with E-state index in [1.807, 2.05) is 37.3 Å². The second kappa shape index (κ2) is 8.73. The van der Waals surface area contributed by atoms with Gasteiger partial charge in [-0.2, -0.15) is 13.2 Å². The summed E-state index contributed by atoms with van der Waals surface area (Å²) in [5.74, 6) is 0.0562. The molecule has 1 fully saturated rings. The lowest BCUT2D eigenvalue weighted by molar-refractivity contribution is -0.384. The Hall–Kier alpha value is -3.10. The summed E-state index contributed by atoms with van der Waals surface area (Å²) >= 11 is 0. The van der Waals surface area contributed by atoms with Crippen LogP contribution in [-0.2, 0) is 11.0 Å². The molecule has 0 bridgehead atoms. The number of hydrogen-bond acceptors (Lipinski definition) is 4. The molecule has 1 aliphatic rings. The lowest BCUT2D eigenvalue weighted by atomic mass is 9.97. The van der Waals surface area contributed by atoms with Gasteiger partial charge in [0.1, 0.15) is 5.69 Å². The number of amides is 1. The second-order valence-electron chi connectivity index (χ2n) is 7.34. The molecule has 0 aromatic heterocycles. The van der Waals surface area contributed by atoms with Gasteiger partial charge in [-0.15, -0.1) is 0 Å². The van der Waals surface area contributed by atoms with Crippen LogP contribution in [0.1, 0.15) is 30.4 Å². The zero-order chi connectivity index (χ0) is 21.9. The van der Waals surface area contributed by atoms with Crippen molar-refractivity contribution in [3.63, 3.8) is 0 Å². The smallest absolute Gasteiger partial charge is 0.362 e. The normalized spacial score (nSPS) is 15.7. The Morgan fingerprint density at radius 1 is 1.10 bits per heavy atom. The Labute approximate surface area is 172 Å². The van der Waals surface area contributed by atoms with Gasteiger partial charge in [0.05, 0.1) is 10.5 Å². The van der Waals surface area contributed by atoms with Crippen molar-refractivity contribution in [3.05, 3.63) is 69.8 Å². The molecule has 30 heavy (non-hydrogen) atoms. The van der Waals surface area contributed by atoms with E-state index in [4.69, 9.17) is 0 Å². The Morgan fingerprint density at radius 2 is 1.73 bits per heavy atom. The summed E-state index contributed by atoms with van der Waals surface area (Å²) in [6.45, 7) is 3.33. The Bertz CT molecular complexity index is 911. The van der Waals surface area contributed by atoms with Gasteiger partial charge in [-0.3, -0.25) is 14.9 Å². The standard InChI is InChI=1S/C21H22F3N3O3/c1-15(16-5-3-2-4-6-16)13-20(28)26-11-9-25(10-12-26)18-8-7-17(21(22,23)24)14-19(18)27(29)30/h2-8,14-15H,9-13H2,1H3/t15-/m0/s1. The Kier molecular flexibility index (Phi) is 6.28. The fourth-order valence-corrected chi connectivity index (χ4v) is 3.60. The van der Waals surface area contributed by atoms with Crippen LogP contribution in [0.5, 0.6) is 0 Å². The fraction of sp³-hybridized carbons (Fsp3) is 0.381. The van der Waals surface area contributed by atoms with Crippen LogP contribution in [0.25, 0.3) is 0 Å². The number of carbonyl (C=O) groups excluding carboxylic acids is 1. The largest absolute Gasteiger partial charge is 0.416 e. The highest BCUT2D eigenvalue weighted by molar-refractivity contribution is 5.77. The number of halogens is 3. The van der Waals surface area contributed by atoms with E-state index >= 15 is 0 Å². The van der Waals surface area contributed by atoms with Gasteiger partial charge in [0.2, 0.25) is 5.91 Å². The van der Waals surface area contributed by atoms with Crippen LogP contribution in [-0.4, -0.2) is 41.9 Å². The van der Waals surface area contributed by atoms with E-state index in [-0.39, 0.29) is 17.5 Å². The number of hydrogen-bond donors (Lipinski definition) is 0. The number of nitro groups is 1. The van der Waals surface area contributed by atoms with Gasteiger partial charge in [0.15, 0.2) is 0 Å². The molecule has 9 heteroatoms. The summed E-state index contributed by atoms with van der Waals surface area (Å²) in [7, 11) is 0. The van der Waals surface area contributed by atoms with Crippen molar-refractivity contribution in [2.75, 3.05) is 31.1 Å². The first-order chi connectivity index (χ1) is 14.2. The number of piperazine rings is 1. The molecular formula is C21H22F3N3O3. The average Bonchev–Trinajstić information content (AvgIpc) is 2.73. The summed E-state index contributed by atoms with van der Waals surface area (Å²) in [4.78, 5) is 26.5. The molecule has 0 spiro atoms. The highest BCUT2D eigenvalue weighted by Crippen LogP contribution is 2.36. The van der Waals surface area contributed by atoms with Gasteiger partial charge >= 0.3 is 6.18 Å². The third-order valence-electron chi connectivity index (χ3n) is 5.32. The van der Waals surface area contributed by atoms with Crippen molar-refractivity contribution in [2.45, 2.75) is 25.4 Å². The van der Waals surface area contributed by atoms with E-state index < -0.39 is 22.4 Å². The molecule has 1 heterocycles. The van der Waals surface area contributed by atoms with E-state index in [1.54, 1.807) is 9.80 Å². The maximum Gasteiger partial charge on any atom is 0.416 e. The van der Waals surface area contributed by atoms with Crippen LogP contribution in [0.3, 0.4) is 0 Å². The zero-order valence-corrected chi connectivity index (χ0v) is 16.4. The number of rotatable bonds is 5. The van der Waals surface area contributed by atoms with Crippen LogP contribution in [0.15, 0.2) is 48.5 Å². The van der Waals surface area contributed by atoms with Crippen molar-refractivity contribution < 1.29 is 22.9 Å². The monoisotopic (exact) mass is 421 g/mol. The van der Waals surface area contributed by atoms with Crippen molar-refractivity contribution in [1.82, 2.24) is 4.90 Å². The van der Waals surface area contributed by atoms with E-state index in [0.29, 0.717) is 38.7 Å². The molecule has 2 aromatic rings. The molecule has 0 aliphatic carbocycles. The first-order valence-electron chi connectivity index (χ1n) is 9.60. The maximum absolute atomic E-state index is 12.9. The molecular weight excluding hydrogens is 399 g/mol. The Morgan fingerprint density at radius 3 is 2.30 bits per heavy atom. The summed E-state index contributed by atoms with van der Waals surface area (Å²) in [6, 6.07) is 12.3. The van der Waals surface area contributed by atoms with Gasteiger partial charge in [-0.25, -0.2) is 0 Å². The fourth-order valence-electron chi connectivity index (χ4n) is 3.60. The van der Waals surface area contributed by atoms with Gasteiger partial charge in [0.25, 0.3) is 5.69 Å². The highest BCUT2D eigenvalue weighted by Gasteiger charge is 2.34. The van der Waals surface area contributed by atoms with Crippen molar-refractivity contribution in [2.24, 2.45) is 0 Å². The summed E-state index contributed by atoms with van der Waals surface area (Å²) in [5.41, 5.74) is -0.424. The van der Waals surface area contributed by atoms with Crippen LogP contribution >= 0.6 is 0 Å². The van der Waals surface area contributed by atoms with E-state index in [0.717, 1.165) is 17.7 Å². The summed E-state index contributed by atoms with van der Waals surface area (Å²) < 4.78 is 38.7. The van der Waals surface area contributed by atoms with Crippen LogP contribution in [0.4, 0.5) is 24.5 Å². The molecule has 1 aliphatic heterocycles. The lowest BCUT2D eigenvalue weighted by Crippen LogP contribution is -2.49. The third kappa shape index (κ3) is 4.90. The van der Waals surface area contributed by atoms with Crippen LogP contribution < -0.4 is 4.90 Å². The minimum atomic E-state index is -4.65. The minimum absolute atomic E-state index is 0.00655. The van der Waals surface area contributed by atoms with E-state index in [9.17, 15) is 28.1 Å². The van der Waals surface area contributed by atoms with Crippen molar-refractivity contribution >= 4 is 17.3 Å². The number of nitro benzene ring substituents is 1. The van der Waals surface area contributed by atoms with Crippen LogP contribution in [0, 0.1) is 10.1 Å². The SMILES string of the molecule is C[C@@H](CC(=O)N1CCN(c2ccc(C(F)(F)F)cc2[N+](=O)[O-])CC1)c1ccccc1. The molecule has 160 valence electrons. The molecule has 0 N–H and O–H groups in total. The highest BCUT2D eigenvalue weighted by atomic mass is 19.4. The number of nitrogens with zero attached hydrogens (tertiary/aromatic N) is 3. The molecule has 1 amide bonds. The molecule has 0 unspecified atom stereocenters. The van der Waals surface area contributed by atoms with Crippen LogP contribution in [0.2, 0.25) is 0 Å². The minimum Gasteiger partial charge on any atom is -0.362 e. The molecule has 0 saturated carbocycles. The molecule has 3 rings (SSSR count). The lowest BCUT2D eigenvalue weighted by Gasteiger charge is -2.36. The van der Waals surface area contributed by atoms with Gasteiger partial charge in [0, 0.05) is 38.7 Å². The topological polar surface area (TPSA) is 66.7 Å². The van der Waals surface area contributed by atoms with Gasteiger partial charge < -0.3 is 9.80 Å². The zero-order valence-electron chi connectivity index (χ0n) is 16.4. The van der Waals surface area contributed by atoms with Crippen molar-refractivity contribution in [1.29, 1.82) is 0 Å². The number of carbonyl (C=O) groups is 1. The molecule has 0 radical (unpaired) electrons. The number of benzene rings is 2. The summed E-state index contributed by atoms with van der Waals surface area (Å²) in [6.07, 6.45) is -4.30. The second-order valence-corrected chi connectivity index (χ2v) is 7.34. The summed E-state index contributed by atoms with van der Waals surface area (Å²) in [5, 5.41) is 11.3. The molecule has 1 saturated heterocycles. The molecule has 2 aromatic carbocycles. The quantitative estimate of drug-likeness (QED) is 0.528. The van der Waals surface area contributed by atoms with Crippen molar-refractivity contribution in [3.8, 4) is 0 Å².